The molecule has 0 aliphatic carbocycles. The van der Waals surface area contributed by atoms with E-state index < -0.39 is 22.7 Å². The predicted octanol–water partition coefficient (Wildman–Crippen LogP) is 6.33. The molecule has 0 saturated carbocycles. The Bertz CT molecular complexity index is 1130. The van der Waals surface area contributed by atoms with Gasteiger partial charge in [-0.15, -0.1) is 0 Å². The van der Waals surface area contributed by atoms with E-state index >= 15 is 0 Å². The van der Waals surface area contributed by atoms with Crippen molar-refractivity contribution in [3.8, 4) is 23.1 Å². The Hall–Kier alpha value is -2.98. The monoisotopic (exact) mass is 420 g/mol. The third-order valence-electron chi connectivity index (χ3n) is 4.23. The van der Waals surface area contributed by atoms with Gasteiger partial charge in [-0.25, -0.2) is 0 Å². The van der Waals surface area contributed by atoms with E-state index in [1.807, 2.05) is 19.9 Å². The summed E-state index contributed by atoms with van der Waals surface area (Å²) in [5, 5.41) is 9.16. The molecule has 0 aliphatic rings. The molecule has 0 bridgehead atoms. The van der Waals surface area contributed by atoms with Gasteiger partial charge >= 0.3 is 12.1 Å². The zero-order chi connectivity index (χ0) is 21.3. The number of ether oxygens (including phenoxy) is 1. The minimum absolute atomic E-state index is 0.0400. The molecule has 1 aromatic heterocycles. The topological polar surface area (TPSA) is 65.9 Å². The number of rotatable bonds is 4. The Balaban J connectivity index is 2.21. The maximum Gasteiger partial charge on any atom is 0.417 e. The van der Waals surface area contributed by atoms with Gasteiger partial charge in [-0.2, -0.15) is 18.4 Å². The number of aromatic nitrogens is 1. The number of benzene rings is 2. The summed E-state index contributed by atoms with van der Waals surface area (Å²) in [5.41, 5.74) is 0.219. The van der Waals surface area contributed by atoms with Crippen molar-refractivity contribution >= 4 is 28.5 Å². The lowest BCUT2D eigenvalue weighted by atomic mass is 10.1. The van der Waals surface area contributed by atoms with E-state index in [9.17, 15) is 18.0 Å². The van der Waals surface area contributed by atoms with Gasteiger partial charge in [0.25, 0.3) is 0 Å². The largest absolute Gasteiger partial charge is 0.424 e. The number of halogens is 4. The van der Waals surface area contributed by atoms with Gasteiger partial charge in [0.15, 0.2) is 5.75 Å². The zero-order valence-electron chi connectivity index (χ0n) is 15.5. The molecule has 2 aromatic carbocycles. The fourth-order valence-corrected chi connectivity index (χ4v) is 3.16. The van der Waals surface area contributed by atoms with Crippen LogP contribution in [0.3, 0.4) is 0 Å². The highest BCUT2D eigenvalue weighted by molar-refractivity contribution is 6.31. The van der Waals surface area contributed by atoms with Crippen molar-refractivity contribution in [2.75, 3.05) is 0 Å². The minimum atomic E-state index is -4.64. The van der Waals surface area contributed by atoms with Crippen LogP contribution in [0.5, 0.6) is 5.75 Å². The van der Waals surface area contributed by atoms with Gasteiger partial charge < -0.3 is 9.72 Å². The highest BCUT2D eigenvalue weighted by Gasteiger charge is 2.34. The normalized spacial score (nSPS) is 11.7. The number of aromatic amines is 1. The maximum absolute atomic E-state index is 13.3. The molecule has 29 heavy (non-hydrogen) atoms. The predicted molar refractivity (Wildman–Crippen MR) is 104 cm³/mol. The van der Waals surface area contributed by atoms with E-state index in [-0.39, 0.29) is 29.3 Å². The molecular weight excluding hydrogens is 405 g/mol. The fourth-order valence-electron chi connectivity index (χ4n) is 2.93. The molecule has 0 aliphatic heterocycles. The van der Waals surface area contributed by atoms with Crippen LogP contribution in [0.2, 0.25) is 5.02 Å². The second kappa shape index (κ2) is 7.80. The number of nitrogens with zero attached hydrogens (tertiary/aromatic N) is 1. The number of hydrogen-bond acceptors (Lipinski definition) is 3. The molecule has 0 amide bonds. The van der Waals surface area contributed by atoms with E-state index in [1.54, 1.807) is 12.1 Å². The number of H-pyrrole nitrogens is 1. The van der Waals surface area contributed by atoms with E-state index in [1.165, 1.54) is 12.1 Å². The van der Waals surface area contributed by atoms with Gasteiger partial charge in [-0.3, -0.25) is 4.79 Å². The summed E-state index contributed by atoms with van der Waals surface area (Å²) in [5.74, 6) is -0.397. The smallest absolute Gasteiger partial charge is 0.417 e. The molecule has 3 rings (SSSR count). The van der Waals surface area contributed by atoms with Gasteiger partial charge in [0, 0.05) is 22.9 Å². The van der Waals surface area contributed by atoms with E-state index in [4.69, 9.17) is 21.6 Å². The molecule has 0 spiro atoms. The van der Waals surface area contributed by atoms with Crippen LogP contribution in [0.15, 0.2) is 36.4 Å². The van der Waals surface area contributed by atoms with Crippen molar-refractivity contribution in [3.63, 3.8) is 0 Å². The second-order valence-electron chi connectivity index (χ2n) is 6.97. The lowest BCUT2D eigenvalue weighted by Gasteiger charge is -2.12. The SMILES string of the molecule is CC(C)CC(=O)Oc1c(-c2ccc(Cl)c(C(F)(F)F)c2)[nH]c2ccc(C#N)cc12. The van der Waals surface area contributed by atoms with Gasteiger partial charge in [0.2, 0.25) is 0 Å². The van der Waals surface area contributed by atoms with Crippen LogP contribution < -0.4 is 4.74 Å². The van der Waals surface area contributed by atoms with Crippen LogP contribution in [0.4, 0.5) is 13.2 Å². The molecule has 0 unspecified atom stereocenters. The highest BCUT2D eigenvalue weighted by atomic mass is 35.5. The number of nitriles is 1. The lowest BCUT2D eigenvalue weighted by Crippen LogP contribution is -2.11. The first-order chi connectivity index (χ1) is 13.6. The minimum Gasteiger partial charge on any atom is -0.424 e. The van der Waals surface area contributed by atoms with Crippen molar-refractivity contribution in [2.45, 2.75) is 26.4 Å². The average Bonchev–Trinajstić information content (AvgIpc) is 2.98. The number of carbonyl (C=O) groups is 1. The zero-order valence-corrected chi connectivity index (χ0v) is 16.3. The van der Waals surface area contributed by atoms with Crippen molar-refractivity contribution in [1.82, 2.24) is 4.98 Å². The molecule has 8 heteroatoms. The van der Waals surface area contributed by atoms with Crippen molar-refractivity contribution < 1.29 is 22.7 Å². The molecule has 0 radical (unpaired) electrons. The third-order valence-corrected chi connectivity index (χ3v) is 4.56. The summed E-state index contributed by atoms with van der Waals surface area (Å²) in [4.78, 5) is 15.3. The molecule has 0 atom stereocenters. The maximum atomic E-state index is 13.3. The summed E-state index contributed by atoms with van der Waals surface area (Å²) in [6.07, 6.45) is -4.50. The first kappa shape index (κ1) is 20.7. The van der Waals surface area contributed by atoms with Crippen molar-refractivity contribution in [2.24, 2.45) is 5.92 Å². The summed E-state index contributed by atoms with van der Waals surface area (Å²) in [6, 6.07) is 10.1. The highest BCUT2D eigenvalue weighted by Crippen LogP contribution is 2.42. The van der Waals surface area contributed by atoms with Crippen molar-refractivity contribution in [3.05, 3.63) is 52.5 Å². The first-order valence-electron chi connectivity index (χ1n) is 8.73. The molecule has 0 fully saturated rings. The molecule has 4 nitrogen and oxygen atoms in total. The fraction of sp³-hybridized carbons (Fsp3) is 0.238. The number of esters is 1. The summed E-state index contributed by atoms with van der Waals surface area (Å²) >= 11 is 5.72. The molecular formula is C21H16ClF3N2O2. The molecule has 1 N–H and O–H groups in total. The number of fused-ring (bicyclic) bond motifs is 1. The van der Waals surface area contributed by atoms with Crippen LogP contribution in [0, 0.1) is 17.2 Å². The Morgan fingerprint density at radius 3 is 2.59 bits per heavy atom. The number of carbonyl (C=O) groups excluding carboxylic acids is 1. The van der Waals surface area contributed by atoms with Crippen LogP contribution in [-0.4, -0.2) is 11.0 Å². The van der Waals surface area contributed by atoms with Crippen molar-refractivity contribution in [1.29, 1.82) is 5.26 Å². The van der Waals surface area contributed by atoms with Crippen LogP contribution in [0.1, 0.15) is 31.4 Å². The standard InChI is InChI=1S/C21H16ClF3N2O2/c1-11(2)7-18(28)29-20-14-8-12(10-26)3-6-17(14)27-19(20)13-4-5-16(22)15(9-13)21(23,24)25/h3-6,8-9,11,27H,7H2,1-2H3. The quantitative estimate of drug-likeness (QED) is 0.501. The van der Waals surface area contributed by atoms with Crippen LogP contribution in [0.25, 0.3) is 22.2 Å². The van der Waals surface area contributed by atoms with E-state index in [0.717, 1.165) is 12.1 Å². The third kappa shape index (κ3) is 4.38. The van der Waals surface area contributed by atoms with Crippen LogP contribution >= 0.6 is 11.6 Å². The van der Waals surface area contributed by atoms with Gasteiger partial charge in [0.1, 0.15) is 0 Å². The van der Waals surface area contributed by atoms with Gasteiger partial charge in [-0.1, -0.05) is 31.5 Å². The van der Waals surface area contributed by atoms with E-state index in [0.29, 0.717) is 16.5 Å². The van der Waals surface area contributed by atoms with Crippen LogP contribution in [-0.2, 0) is 11.0 Å². The summed E-state index contributed by atoms with van der Waals surface area (Å²) in [6.45, 7) is 3.69. The number of hydrogen-bond donors (Lipinski definition) is 1. The van der Waals surface area contributed by atoms with E-state index in [2.05, 4.69) is 4.98 Å². The summed E-state index contributed by atoms with van der Waals surface area (Å²) < 4.78 is 45.4. The summed E-state index contributed by atoms with van der Waals surface area (Å²) in [7, 11) is 0. The molecule has 1 heterocycles. The number of nitrogens with one attached hydrogen (secondary N) is 1. The second-order valence-corrected chi connectivity index (χ2v) is 7.37. The Labute approximate surface area is 169 Å². The van der Waals surface area contributed by atoms with Gasteiger partial charge in [0.05, 0.1) is 27.9 Å². The molecule has 150 valence electrons. The Morgan fingerprint density at radius 2 is 1.97 bits per heavy atom. The average molecular weight is 421 g/mol. The molecule has 3 aromatic rings. The number of alkyl halides is 3. The Morgan fingerprint density at radius 1 is 1.24 bits per heavy atom. The molecule has 0 saturated heterocycles. The first-order valence-corrected chi connectivity index (χ1v) is 9.11. The lowest BCUT2D eigenvalue weighted by molar-refractivity contribution is -0.137. The van der Waals surface area contributed by atoms with Gasteiger partial charge in [-0.05, 0) is 36.2 Å². The Kier molecular flexibility index (Phi) is 5.58.